The van der Waals surface area contributed by atoms with Crippen molar-refractivity contribution in [2.75, 3.05) is 6.54 Å². The number of carbonyl (C=O) groups excluding carboxylic acids is 1. The molecule has 0 aliphatic rings. The maximum atomic E-state index is 13.8. The summed E-state index contributed by atoms with van der Waals surface area (Å²) in [6.07, 6.45) is 4.52. The van der Waals surface area contributed by atoms with Gasteiger partial charge in [-0.3, -0.25) is 4.98 Å². The summed E-state index contributed by atoms with van der Waals surface area (Å²) in [4.78, 5) is 15.9. The van der Waals surface area contributed by atoms with Crippen molar-refractivity contribution in [1.29, 1.82) is 0 Å². The van der Waals surface area contributed by atoms with Gasteiger partial charge in [0.2, 0.25) is 0 Å². The minimum Gasteiger partial charge on any atom is -0.338 e. The predicted octanol–water partition coefficient (Wildman–Crippen LogP) is 3.35. The number of benzene rings is 1. The van der Waals surface area contributed by atoms with Crippen LogP contribution in [0.5, 0.6) is 0 Å². The molecule has 0 bridgehead atoms. The zero-order valence-electron chi connectivity index (χ0n) is 12.9. The van der Waals surface area contributed by atoms with Crippen LogP contribution in [0, 0.1) is 11.6 Å². The van der Waals surface area contributed by atoms with Crippen LogP contribution in [0.4, 0.5) is 13.6 Å². The number of carbonyl (C=O) groups is 1. The van der Waals surface area contributed by atoms with Crippen LogP contribution in [-0.2, 0) is 6.42 Å². The van der Waals surface area contributed by atoms with Gasteiger partial charge in [-0.2, -0.15) is 0 Å². The van der Waals surface area contributed by atoms with Crippen molar-refractivity contribution in [1.82, 2.24) is 15.6 Å². The average molecular weight is 319 g/mol. The summed E-state index contributed by atoms with van der Waals surface area (Å²) in [6.45, 7) is 2.23. The number of amides is 2. The largest absolute Gasteiger partial charge is 0.338 e. The van der Waals surface area contributed by atoms with Crippen LogP contribution in [0.3, 0.4) is 0 Å². The van der Waals surface area contributed by atoms with E-state index >= 15 is 0 Å². The van der Waals surface area contributed by atoms with Crippen LogP contribution in [0.2, 0.25) is 0 Å². The lowest BCUT2D eigenvalue weighted by atomic mass is 10.0. The van der Waals surface area contributed by atoms with Crippen LogP contribution < -0.4 is 10.6 Å². The summed E-state index contributed by atoms with van der Waals surface area (Å²) in [7, 11) is 0. The van der Waals surface area contributed by atoms with Gasteiger partial charge in [0, 0.05) is 24.5 Å². The molecule has 0 fully saturated rings. The number of urea groups is 1. The van der Waals surface area contributed by atoms with Gasteiger partial charge in [0.15, 0.2) is 0 Å². The number of pyridine rings is 1. The van der Waals surface area contributed by atoms with E-state index in [1.807, 2.05) is 12.1 Å². The van der Waals surface area contributed by atoms with Crippen molar-refractivity contribution in [2.24, 2.45) is 0 Å². The Balaban J connectivity index is 1.88. The zero-order valence-corrected chi connectivity index (χ0v) is 12.9. The fourth-order valence-corrected chi connectivity index (χ4v) is 2.26. The normalized spacial score (nSPS) is 11.8. The molecule has 0 saturated carbocycles. The van der Waals surface area contributed by atoms with Crippen molar-refractivity contribution in [3.8, 4) is 0 Å². The molecule has 0 radical (unpaired) electrons. The molecule has 0 spiro atoms. The van der Waals surface area contributed by atoms with Gasteiger partial charge < -0.3 is 10.6 Å². The van der Waals surface area contributed by atoms with Crippen molar-refractivity contribution in [3.05, 3.63) is 65.5 Å². The summed E-state index contributed by atoms with van der Waals surface area (Å²) in [6, 6.07) is 5.99. The smallest absolute Gasteiger partial charge is 0.315 e. The molecule has 0 unspecified atom stereocenters. The Hall–Kier alpha value is -2.50. The number of hydrogen-bond acceptors (Lipinski definition) is 2. The first-order chi connectivity index (χ1) is 11.1. The molecular weight excluding hydrogens is 300 g/mol. The Kier molecular flexibility index (Phi) is 6.02. The molecule has 2 amide bonds. The topological polar surface area (TPSA) is 54.0 Å². The highest BCUT2D eigenvalue weighted by Gasteiger charge is 2.17. The van der Waals surface area contributed by atoms with Crippen molar-refractivity contribution in [2.45, 2.75) is 25.8 Å². The summed E-state index contributed by atoms with van der Waals surface area (Å²) in [5.74, 6) is -1.06. The zero-order chi connectivity index (χ0) is 16.7. The minimum atomic E-state index is -0.580. The number of halogens is 2. The number of nitrogens with one attached hydrogen (secondary N) is 2. The van der Waals surface area contributed by atoms with Gasteiger partial charge in [0.1, 0.15) is 11.6 Å². The summed E-state index contributed by atoms with van der Waals surface area (Å²) < 4.78 is 27.1. The molecule has 122 valence electrons. The maximum Gasteiger partial charge on any atom is 0.315 e. The van der Waals surface area contributed by atoms with Gasteiger partial charge in [-0.05, 0) is 42.7 Å². The van der Waals surface area contributed by atoms with Gasteiger partial charge in [-0.1, -0.05) is 13.0 Å². The van der Waals surface area contributed by atoms with Crippen LogP contribution >= 0.6 is 0 Å². The Morgan fingerprint density at radius 3 is 2.83 bits per heavy atom. The fourth-order valence-electron chi connectivity index (χ4n) is 2.26. The van der Waals surface area contributed by atoms with Crippen LogP contribution in [0.15, 0.2) is 42.7 Å². The lowest BCUT2D eigenvalue weighted by Crippen LogP contribution is -2.39. The van der Waals surface area contributed by atoms with E-state index in [9.17, 15) is 13.6 Å². The molecule has 2 rings (SSSR count). The Bertz CT molecular complexity index is 650. The van der Waals surface area contributed by atoms with E-state index in [1.165, 1.54) is 0 Å². The first-order valence-electron chi connectivity index (χ1n) is 7.48. The SMILES string of the molecule is CC[C@@H](NC(=O)NCCc1cccnc1)c1cc(F)ccc1F. The average Bonchev–Trinajstić information content (AvgIpc) is 2.56. The summed E-state index contributed by atoms with van der Waals surface area (Å²) in [5, 5.41) is 5.37. The second-order valence-electron chi connectivity index (χ2n) is 5.14. The highest BCUT2D eigenvalue weighted by molar-refractivity contribution is 5.74. The third-order valence-electron chi connectivity index (χ3n) is 3.47. The number of hydrogen-bond donors (Lipinski definition) is 2. The third kappa shape index (κ3) is 5.02. The summed E-state index contributed by atoms with van der Waals surface area (Å²) in [5.41, 5.74) is 1.16. The number of rotatable bonds is 6. The first-order valence-corrected chi connectivity index (χ1v) is 7.48. The second kappa shape index (κ2) is 8.22. The number of aromatic nitrogens is 1. The van der Waals surface area contributed by atoms with Gasteiger partial charge in [0.05, 0.1) is 6.04 Å². The molecule has 1 aromatic heterocycles. The summed E-state index contributed by atoms with van der Waals surface area (Å²) >= 11 is 0. The fraction of sp³-hybridized carbons (Fsp3) is 0.294. The molecular formula is C17H19F2N3O. The van der Waals surface area contributed by atoms with Crippen molar-refractivity contribution >= 4 is 6.03 Å². The quantitative estimate of drug-likeness (QED) is 0.858. The lowest BCUT2D eigenvalue weighted by Gasteiger charge is -2.18. The van der Waals surface area contributed by atoms with Crippen molar-refractivity contribution in [3.63, 3.8) is 0 Å². The molecule has 0 aliphatic heterocycles. The van der Waals surface area contributed by atoms with Crippen LogP contribution in [0.25, 0.3) is 0 Å². The molecule has 0 aliphatic carbocycles. The molecule has 23 heavy (non-hydrogen) atoms. The van der Waals surface area contributed by atoms with E-state index in [0.29, 0.717) is 19.4 Å². The van der Waals surface area contributed by atoms with Crippen LogP contribution in [0.1, 0.15) is 30.5 Å². The predicted molar refractivity (Wildman–Crippen MR) is 83.9 cm³/mol. The van der Waals surface area contributed by atoms with E-state index in [0.717, 1.165) is 23.8 Å². The monoisotopic (exact) mass is 319 g/mol. The van der Waals surface area contributed by atoms with Gasteiger partial charge in [-0.15, -0.1) is 0 Å². The molecule has 0 saturated heterocycles. The maximum absolute atomic E-state index is 13.8. The van der Waals surface area contributed by atoms with Crippen molar-refractivity contribution < 1.29 is 13.6 Å². The van der Waals surface area contributed by atoms with E-state index in [4.69, 9.17) is 0 Å². The van der Waals surface area contributed by atoms with Gasteiger partial charge in [0.25, 0.3) is 0 Å². The van der Waals surface area contributed by atoms with E-state index in [2.05, 4.69) is 15.6 Å². The Morgan fingerprint density at radius 1 is 1.30 bits per heavy atom. The molecule has 2 N–H and O–H groups in total. The van der Waals surface area contributed by atoms with E-state index in [1.54, 1.807) is 19.3 Å². The molecule has 1 atom stereocenters. The Labute approximate surface area is 133 Å². The molecule has 1 heterocycles. The van der Waals surface area contributed by atoms with Gasteiger partial charge in [-0.25, -0.2) is 13.6 Å². The highest BCUT2D eigenvalue weighted by Crippen LogP contribution is 2.21. The minimum absolute atomic E-state index is 0.148. The standard InChI is InChI=1S/C17H19F2N3O/c1-2-16(14-10-13(18)5-6-15(14)19)22-17(23)21-9-7-12-4-3-8-20-11-12/h3-6,8,10-11,16H,2,7,9H2,1H3,(H2,21,22,23)/t16-/m1/s1. The van der Waals surface area contributed by atoms with Gasteiger partial charge >= 0.3 is 6.03 Å². The van der Waals surface area contributed by atoms with E-state index < -0.39 is 23.7 Å². The number of nitrogens with zero attached hydrogens (tertiary/aromatic N) is 1. The lowest BCUT2D eigenvalue weighted by molar-refractivity contribution is 0.236. The third-order valence-corrected chi connectivity index (χ3v) is 3.47. The molecule has 2 aromatic rings. The molecule has 4 nitrogen and oxygen atoms in total. The molecule has 1 aromatic carbocycles. The first kappa shape index (κ1) is 16.9. The Morgan fingerprint density at radius 2 is 2.13 bits per heavy atom. The van der Waals surface area contributed by atoms with Crippen LogP contribution in [-0.4, -0.2) is 17.6 Å². The van der Waals surface area contributed by atoms with E-state index in [-0.39, 0.29) is 5.56 Å². The highest BCUT2D eigenvalue weighted by atomic mass is 19.1. The molecule has 6 heteroatoms. The second-order valence-corrected chi connectivity index (χ2v) is 5.14.